The largest absolute Gasteiger partial charge is 0.477 e. The lowest BCUT2D eigenvalue weighted by atomic mass is 10.3. The number of sulfonamides is 1. The van der Waals surface area contributed by atoms with Crippen molar-refractivity contribution in [3.8, 4) is 0 Å². The summed E-state index contributed by atoms with van der Waals surface area (Å²) in [7, 11) is -3.66. The number of hydrogen-bond donors (Lipinski definition) is 2. The van der Waals surface area contributed by atoms with Crippen molar-refractivity contribution in [1.82, 2.24) is 9.29 Å². The molecule has 2 N–H and O–H groups in total. The van der Waals surface area contributed by atoms with Gasteiger partial charge in [-0.25, -0.2) is 17.9 Å². The minimum absolute atomic E-state index is 0.0128. The summed E-state index contributed by atoms with van der Waals surface area (Å²) < 4.78 is 28.6. The van der Waals surface area contributed by atoms with Gasteiger partial charge in [0.15, 0.2) is 0 Å². The van der Waals surface area contributed by atoms with Gasteiger partial charge in [-0.15, -0.1) is 0 Å². The zero-order chi connectivity index (χ0) is 14.9. The second kappa shape index (κ2) is 5.79. The highest BCUT2D eigenvalue weighted by Gasteiger charge is 2.26. The van der Waals surface area contributed by atoms with Crippen LogP contribution < -0.4 is 4.72 Å². The van der Waals surface area contributed by atoms with Gasteiger partial charge in [-0.3, -0.25) is 0 Å². The van der Waals surface area contributed by atoms with Crippen LogP contribution in [0.3, 0.4) is 0 Å². The van der Waals surface area contributed by atoms with Gasteiger partial charge in [-0.1, -0.05) is 0 Å². The highest BCUT2D eigenvalue weighted by molar-refractivity contribution is 7.99. The Balaban J connectivity index is 2.31. The van der Waals surface area contributed by atoms with Crippen molar-refractivity contribution in [1.29, 1.82) is 0 Å². The van der Waals surface area contributed by atoms with Gasteiger partial charge < -0.3 is 9.67 Å². The number of carboxylic acids is 1. The quantitative estimate of drug-likeness (QED) is 0.860. The zero-order valence-corrected chi connectivity index (χ0v) is 13.0. The summed E-state index contributed by atoms with van der Waals surface area (Å²) in [6.07, 6.45) is 2.19. The monoisotopic (exact) mass is 318 g/mol. The Kier molecular flexibility index (Phi) is 4.46. The molecule has 0 saturated carbocycles. The number of rotatable bonds is 5. The van der Waals surface area contributed by atoms with E-state index in [0.29, 0.717) is 0 Å². The molecule has 1 aromatic heterocycles. The SMILES string of the molecule is CC(C)n1cc(S(=O)(=O)NC2CCSC2)cc1C(=O)O. The van der Waals surface area contributed by atoms with Gasteiger partial charge in [0.05, 0.1) is 0 Å². The summed E-state index contributed by atoms with van der Waals surface area (Å²) in [5.41, 5.74) is -0.0128. The molecule has 2 rings (SSSR count). The Bertz CT molecular complexity index is 601. The van der Waals surface area contributed by atoms with Crippen LogP contribution in [-0.2, 0) is 10.0 Å². The van der Waals surface area contributed by atoms with Crippen LogP contribution in [0.15, 0.2) is 17.2 Å². The van der Waals surface area contributed by atoms with Gasteiger partial charge in [0.25, 0.3) is 0 Å². The molecule has 8 heteroatoms. The van der Waals surface area contributed by atoms with Crippen LogP contribution in [0.2, 0.25) is 0 Å². The number of nitrogens with one attached hydrogen (secondary N) is 1. The first-order valence-corrected chi connectivity index (χ1v) is 9.00. The Hall–Kier alpha value is -0.990. The predicted molar refractivity (Wildman–Crippen MR) is 77.8 cm³/mol. The van der Waals surface area contributed by atoms with E-state index >= 15 is 0 Å². The van der Waals surface area contributed by atoms with E-state index in [0.717, 1.165) is 17.9 Å². The Morgan fingerprint density at radius 1 is 1.55 bits per heavy atom. The first-order valence-electron chi connectivity index (χ1n) is 6.36. The molecule has 1 saturated heterocycles. The van der Waals surface area contributed by atoms with Crippen molar-refractivity contribution in [2.75, 3.05) is 11.5 Å². The minimum Gasteiger partial charge on any atom is -0.477 e. The van der Waals surface area contributed by atoms with Crippen LogP contribution in [0.5, 0.6) is 0 Å². The molecular formula is C12H18N2O4S2. The topological polar surface area (TPSA) is 88.4 Å². The second-order valence-corrected chi connectivity index (χ2v) is 7.91. The molecule has 1 fully saturated rings. The maximum atomic E-state index is 12.3. The average Bonchev–Trinajstić information content (AvgIpc) is 2.95. The van der Waals surface area contributed by atoms with E-state index in [1.165, 1.54) is 16.8 Å². The maximum absolute atomic E-state index is 12.3. The number of thioether (sulfide) groups is 1. The predicted octanol–water partition coefficient (Wildman–Crippen LogP) is 1.55. The standard InChI is InChI=1S/C12H18N2O4S2/c1-8(2)14-6-10(5-11(14)12(15)16)20(17,18)13-9-3-4-19-7-9/h5-6,8-9,13H,3-4,7H2,1-2H3,(H,15,16). The molecule has 1 aliphatic rings. The highest BCUT2D eigenvalue weighted by Crippen LogP contribution is 2.22. The highest BCUT2D eigenvalue weighted by atomic mass is 32.2. The van der Waals surface area contributed by atoms with Crippen molar-refractivity contribution in [2.45, 2.75) is 37.2 Å². The van der Waals surface area contributed by atoms with Crippen molar-refractivity contribution in [3.63, 3.8) is 0 Å². The number of hydrogen-bond acceptors (Lipinski definition) is 4. The Morgan fingerprint density at radius 2 is 2.25 bits per heavy atom. The van der Waals surface area contributed by atoms with E-state index in [9.17, 15) is 13.2 Å². The number of aromatic nitrogens is 1. The molecule has 20 heavy (non-hydrogen) atoms. The third-order valence-corrected chi connectivity index (χ3v) is 5.81. The number of aromatic carboxylic acids is 1. The number of nitrogens with zero attached hydrogens (tertiary/aromatic N) is 1. The van der Waals surface area contributed by atoms with Gasteiger partial charge in [0, 0.05) is 24.0 Å². The van der Waals surface area contributed by atoms with Crippen molar-refractivity contribution in [3.05, 3.63) is 18.0 Å². The van der Waals surface area contributed by atoms with E-state index in [2.05, 4.69) is 4.72 Å². The van der Waals surface area contributed by atoms with E-state index in [-0.39, 0.29) is 22.7 Å². The van der Waals surface area contributed by atoms with Crippen LogP contribution in [0.25, 0.3) is 0 Å². The van der Waals surface area contributed by atoms with Crippen molar-refractivity contribution >= 4 is 27.8 Å². The second-order valence-electron chi connectivity index (χ2n) is 5.05. The summed E-state index contributed by atoms with van der Waals surface area (Å²) >= 11 is 1.71. The molecule has 1 atom stereocenters. The minimum atomic E-state index is -3.66. The summed E-state index contributed by atoms with van der Waals surface area (Å²) in [5, 5.41) is 9.14. The number of carbonyl (C=O) groups is 1. The lowest BCUT2D eigenvalue weighted by Crippen LogP contribution is -2.34. The van der Waals surface area contributed by atoms with Crippen LogP contribution >= 0.6 is 11.8 Å². The van der Waals surface area contributed by atoms with Crippen molar-refractivity contribution < 1.29 is 18.3 Å². The molecule has 2 heterocycles. The van der Waals surface area contributed by atoms with Crippen LogP contribution in [0.1, 0.15) is 36.8 Å². The molecular weight excluding hydrogens is 300 g/mol. The molecule has 0 aromatic carbocycles. The van der Waals surface area contributed by atoms with Crippen LogP contribution in [0.4, 0.5) is 0 Å². The summed E-state index contributed by atoms with van der Waals surface area (Å²) in [6.45, 7) is 3.62. The number of carboxylic acid groups (broad SMARTS) is 1. The van der Waals surface area contributed by atoms with Gasteiger partial charge in [0.1, 0.15) is 10.6 Å². The van der Waals surface area contributed by atoms with Gasteiger partial charge in [-0.2, -0.15) is 11.8 Å². The molecule has 0 aliphatic carbocycles. The third-order valence-electron chi connectivity index (χ3n) is 3.16. The molecule has 0 bridgehead atoms. The lowest BCUT2D eigenvalue weighted by molar-refractivity contribution is 0.0683. The molecule has 0 radical (unpaired) electrons. The van der Waals surface area contributed by atoms with Gasteiger partial charge >= 0.3 is 5.97 Å². The van der Waals surface area contributed by atoms with Crippen LogP contribution in [0, 0.1) is 0 Å². The van der Waals surface area contributed by atoms with Crippen LogP contribution in [-0.4, -0.2) is 41.6 Å². The molecule has 6 nitrogen and oxygen atoms in total. The van der Waals surface area contributed by atoms with Crippen molar-refractivity contribution in [2.24, 2.45) is 0 Å². The van der Waals surface area contributed by atoms with E-state index in [1.807, 2.05) is 13.8 Å². The molecule has 0 spiro atoms. The van der Waals surface area contributed by atoms with E-state index < -0.39 is 16.0 Å². The maximum Gasteiger partial charge on any atom is 0.352 e. The first kappa shape index (κ1) is 15.4. The summed E-state index contributed by atoms with van der Waals surface area (Å²) in [5.74, 6) is 0.577. The summed E-state index contributed by atoms with van der Waals surface area (Å²) in [4.78, 5) is 11.2. The van der Waals surface area contributed by atoms with Gasteiger partial charge in [0.2, 0.25) is 10.0 Å². The fraction of sp³-hybridized carbons (Fsp3) is 0.583. The van der Waals surface area contributed by atoms with Gasteiger partial charge in [-0.05, 0) is 32.1 Å². The lowest BCUT2D eigenvalue weighted by Gasteiger charge is -2.11. The van der Waals surface area contributed by atoms with E-state index in [1.54, 1.807) is 11.8 Å². The fourth-order valence-corrected chi connectivity index (χ4v) is 4.67. The smallest absolute Gasteiger partial charge is 0.352 e. The molecule has 1 aliphatic heterocycles. The molecule has 1 unspecified atom stereocenters. The normalized spacial score (nSPS) is 19.6. The molecule has 0 amide bonds. The Labute approximate surface area is 122 Å². The van der Waals surface area contributed by atoms with E-state index in [4.69, 9.17) is 5.11 Å². The third kappa shape index (κ3) is 3.18. The summed E-state index contributed by atoms with van der Waals surface area (Å²) in [6, 6.07) is 1.03. The first-order chi connectivity index (χ1) is 9.31. The molecule has 112 valence electrons. The zero-order valence-electron chi connectivity index (χ0n) is 11.4. The molecule has 1 aromatic rings. The fourth-order valence-electron chi connectivity index (χ4n) is 2.11. The Morgan fingerprint density at radius 3 is 2.70 bits per heavy atom. The average molecular weight is 318 g/mol.